The van der Waals surface area contributed by atoms with E-state index in [1.54, 1.807) is 6.92 Å². The number of carbonyl (C=O) groups is 1. The van der Waals surface area contributed by atoms with E-state index in [4.69, 9.17) is 19.3 Å². The molecule has 0 radical (unpaired) electrons. The summed E-state index contributed by atoms with van der Waals surface area (Å²) in [6, 6.07) is -0.727. The van der Waals surface area contributed by atoms with Crippen molar-refractivity contribution in [3.05, 3.63) is 116 Å². The molecular formula is C35H52N7O7P. The highest BCUT2D eigenvalue weighted by molar-refractivity contribution is 7.51. The molecule has 1 saturated heterocycles. The fourth-order valence-corrected chi connectivity index (χ4v) is 5.75. The van der Waals surface area contributed by atoms with Gasteiger partial charge in [0, 0.05) is 49.7 Å². The quantitative estimate of drug-likeness (QED) is 0.0261. The first-order valence-electron chi connectivity index (χ1n) is 17.0. The Morgan fingerprint density at radius 2 is 1.60 bits per heavy atom. The van der Waals surface area contributed by atoms with Gasteiger partial charge in [0.1, 0.15) is 6.23 Å². The molecule has 0 aliphatic carbocycles. The molecule has 1 aromatic rings. The summed E-state index contributed by atoms with van der Waals surface area (Å²) in [6.07, 6.45) is 32.0. The number of hydrogen-bond acceptors (Lipinski definition) is 8. The molecule has 0 saturated carbocycles. The highest BCUT2D eigenvalue weighted by Gasteiger charge is 2.38. The Balaban J connectivity index is 1.60. The van der Waals surface area contributed by atoms with E-state index >= 15 is 0 Å². The first-order chi connectivity index (χ1) is 24.2. The number of carbonyl (C=O) groups excluding carboxylic acids is 1. The minimum Gasteiger partial charge on any atom is -0.355 e. The minimum absolute atomic E-state index is 0.108. The summed E-state index contributed by atoms with van der Waals surface area (Å²) in [5, 5.41) is 9.16. The molecule has 2 heterocycles. The van der Waals surface area contributed by atoms with Gasteiger partial charge in [0.05, 0.1) is 18.8 Å². The zero-order valence-corrected chi connectivity index (χ0v) is 30.2. The molecule has 15 heteroatoms. The number of hydrogen-bond donors (Lipinski definition) is 3. The first-order valence-corrected chi connectivity index (χ1v) is 18.5. The summed E-state index contributed by atoms with van der Waals surface area (Å²) < 4.78 is 30.7. The van der Waals surface area contributed by atoms with Crippen LogP contribution in [0.5, 0.6) is 0 Å². The van der Waals surface area contributed by atoms with Crippen LogP contribution in [0.3, 0.4) is 0 Å². The zero-order chi connectivity index (χ0) is 36.5. The van der Waals surface area contributed by atoms with Crippen molar-refractivity contribution >= 4 is 13.7 Å². The number of nitrogens with zero attached hydrogens (tertiary/aromatic N) is 4. The Morgan fingerprint density at radius 3 is 2.16 bits per heavy atom. The lowest BCUT2D eigenvalue weighted by Crippen LogP contribution is -2.33. The van der Waals surface area contributed by atoms with Crippen molar-refractivity contribution in [3.8, 4) is 0 Å². The van der Waals surface area contributed by atoms with Crippen LogP contribution < -0.4 is 21.7 Å². The van der Waals surface area contributed by atoms with Gasteiger partial charge in [-0.25, -0.2) is 14.4 Å². The van der Waals surface area contributed by atoms with E-state index in [1.807, 2.05) is 12.2 Å². The maximum atomic E-state index is 13.0. The predicted octanol–water partition coefficient (Wildman–Crippen LogP) is 6.77. The fraction of sp³-hybridized carbons (Fsp3) is 0.514. The molecule has 0 aromatic carbocycles. The van der Waals surface area contributed by atoms with Crippen LogP contribution in [0, 0.1) is 6.92 Å². The van der Waals surface area contributed by atoms with E-state index in [0.717, 1.165) is 38.5 Å². The second kappa shape index (κ2) is 25.0. The van der Waals surface area contributed by atoms with Crippen LogP contribution >= 0.6 is 7.75 Å². The van der Waals surface area contributed by atoms with Gasteiger partial charge in [0.2, 0.25) is 5.91 Å². The van der Waals surface area contributed by atoms with E-state index < -0.39 is 37.4 Å². The Labute approximate surface area is 294 Å². The Kier molecular flexibility index (Phi) is 21.1. The number of rotatable bonds is 24. The van der Waals surface area contributed by atoms with Gasteiger partial charge < -0.3 is 14.6 Å². The molecular weight excluding hydrogens is 661 g/mol. The number of azide groups is 1. The summed E-state index contributed by atoms with van der Waals surface area (Å²) >= 11 is 0. The smallest absolute Gasteiger partial charge is 0.355 e. The maximum absolute atomic E-state index is 13.0. The lowest BCUT2D eigenvalue weighted by Gasteiger charge is -2.21. The molecule has 1 aliphatic rings. The van der Waals surface area contributed by atoms with E-state index in [2.05, 4.69) is 93.1 Å². The lowest BCUT2D eigenvalue weighted by molar-refractivity contribution is -0.120. The summed E-state index contributed by atoms with van der Waals surface area (Å²) in [5.41, 5.74) is 8.11. The normalized spacial score (nSPS) is 19.5. The average Bonchev–Trinajstić information content (AvgIpc) is 3.50. The van der Waals surface area contributed by atoms with Crippen LogP contribution in [0.25, 0.3) is 10.4 Å². The maximum Gasteiger partial charge on any atom is 0.405 e. The SMILES string of the molecule is CCC=CCC=CCC=CCC=CCC=CCC=CCCC(=O)NCCNP(=O)(OC)OC[C@H]1OC(n2cc(C)c(=O)[nH]c2=O)C[C@@H]1N=[N+]=[N-]. The van der Waals surface area contributed by atoms with E-state index in [9.17, 15) is 18.9 Å². The number of aromatic nitrogens is 2. The molecule has 0 bridgehead atoms. The van der Waals surface area contributed by atoms with Crippen molar-refractivity contribution in [3.63, 3.8) is 0 Å². The third-order valence-electron chi connectivity index (χ3n) is 7.40. The monoisotopic (exact) mass is 713 g/mol. The third kappa shape index (κ3) is 17.1. The van der Waals surface area contributed by atoms with Gasteiger partial charge in [-0.15, -0.1) is 0 Å². The van der Waals surface area contributed by atoms with E-state index in [1.165, 1.54) is 17.9 Å². The second-order valence-electron chi connectivity index (χ2n) is 11.3. The number of H-pyrrole nitrogens is 1. The van der Waals surface area contributed by atoms with Gasteiger partial charge in [-0.3, -0.25) is 23.7 Å². The molecule has 4 atom stereocenters. The highest BCUT2D eigenvalue weighted by Crippen LogP contribution is 2.43. The highest BCUT2D eigenvalue weighted by atomic mass is 31.2. The molecule has 2 unspecified atom stereocenters. The third-order valence-corrected chi connectivity index (χ3v) is 8.98. The van der Waals surface area contributed by atoms with Crippen LogP contribution in [0.4, 0.5) is 0 Å². The van der Waals surface area contributed by atoms with Crippen LogP contribution in [-0.2, 0) is 23.1 Å². The number of ether oxygens (including phenoxy) is 1. The molecule has 3 N–H and O–H groups in total. The van der Waals surface area contributed by atoms with Gasteiger partial charge in [-0.1, -0.05) is 85.0 Å². The fourth-order valence-electron chi connectivity index (χ4n) is 4.70. The van der Waals surface area contributed by atoms with E-state index in [0.29, 0.717) is 18.4 Å². The molecule has 50 heavy (non-hydrogen) atoms. The molecule has 1 aromatic heterocycles. The van der Waals surface area contributed by atoms with Crippen molar-refractivity contribution in [2.45, 2.75) is 90.0 Å². The van der Waals surface area contributed by atoms with E-state index in [-0.39, 0.29) is 32.0 Å². The molecule has 1 amide bonds. The van der Waals surface area contributed by atoms with Gasteiger partial charge in [0.25, 0.3) is 5.56 Å². The molecule has 1 aliphatic heterocycles. The standard InChI is InChI=1S/C35H52N7O7P/c1-4-5-6-7-8-9-10-11-12-13-14-15-16-17-18-19-20-21-22-23-32(43)37-24-25-38-50(46,47-3)48-28-31-30(40-41-36)26-33(49-31)42-27-29(2)34(44)39-35(42)45/h5-6,8-9,11-12,14-15,17-18,20-21,27,30-31,33H,4,7,10,13,16,19,22-26,28H2,1-3H3,(H,37,43)(H,38,46)(H,39,44,45)/t30-,31+,33?,50?/m0/s1. The number of aryl methyl sites for hydroxylation is 1. The van der Waals surface area contributed by atoms with Gasteiger partial charge in [-0.05, 0) is 57.4 Å². The zero-order valence-electron chi connectivity index (χ0n) is 29.3. The van der Waals surface area contributed by atoms with Crippen molar-refractivity contribution in [2.75, 3.05) is 26.8 Å². The Morgan fingerprint density at radius 1 is 1.02 bits per heavy atom. The van der Waals surface area contributed by atoms with Crippen molar-refractivity contribution < 1.29 is 23.1 Å². The topological polar surface area (TPSA) is 190 Å². The van der Waals surface area contributed by atoms with Crippen LogP contribution in [-0.4, -0.2) is 54.4 Å². The molecule has 0 spiro atoms. The second-order valence-corrected chi connectivity index (χ2v) is 13.2. The summed E-state index contributed by atoms with van der Waals surface area (Å²) in [7, 11) is -2.58. The molecule has 14 nitrogen and oxygen atoms in total. The van der Waals surface area contributed by atoms with Gasteiger partial charge in [0.15, 0.2) is 0 Å². The van der Waals surface area contributed by atoms with Crippen molar-refractivity contribution in [2.24, 2.45) is 5.11 Å². The summed E-state index contributed by atoms with van der Waals surface area (Å²) in [6.45, 7) is 3.71. The van der Waals surface area contributed by atoms with Crippen molar-refractivity contribution in [1.82, 2.24) is 20.0 Å². The van der Waals surface area contributed by atoms with Crippen LogP contribution in [0.1, 0.15) is 76.5 Å². The summed E-state index contributed by atoms with van der Waals surface area (Å²) in [5.74, 6) is -0.144. The molecule has 2 rings (SSSR count). The van der Waals surface area contributed by atoms with Gasteiger partial charge in [-0.2, -0.15) is 0 Å². The van der Waals surface area contributed by atoms with Crippen LogP contribution in [0.15, 0.2) is 93.8 Å². The number of nitrogens with one attached hydrogen (secondary N) is 3. The van der Waals surface area contributed by atoms with Crippen LogP contribution in [0.2, 0.25) is 0 Å². The minimum atomic E-state index is -3.79. The number of aromatic amines is 1. The summed E-state index contributed by atoms with van der Waals surface area (Å²) in [4.78, 5) is 41.2. The Hall–Kier alpha value is -4.03. The Bertz CT molecular complexity index is 1570. The molecule has 274 valence electrons. The van der Waals surface area contributed by atoms with Gasteiger partial charge >= 0.3 is 13.4 Å². The largest absolute Gasteiger partial charge is 0.405 e. The van der Waals surface area contributed by atoms with Crippen molar-refractivity contribution in [1.29, 1.82) is 0 Å². The lowest BCUT2D eigenvalue weighted by atomic mass is 10.1. The molecule has 1 fully saturated rings. The predicted molar refractivity (Wildman–Crippen MR) is 197 cm³/mol. The number of allylic oxidation sites excluding steroid dienone is 12. The first kappa shape index (κ1) is 42.1. The number of amides is 1. The average molecular weight is 714 g/mol.